The third kappa shape index (κ3) is 5.21. The summed E-state index contributed by atoms with van der Waals surface area (Å²) in [7, 11) is 0. The smallest absolute Gasteiger partial charge is 0.265 e. The monoisotopic (exact) mass is 521 g/mol. The molecule has 0 saturated carbocycles. The van der Waals surface area contributed by atoms with E-state index >= 15 is 0 Å². The summed E-state index contributed by atoms with van der Waals surface area (Å²) in [4.78, 5) is 27.9. The highest BCUT2D eigenvalue weighted by atomic mass is 79.9. The number of rotatable bonds is 6. The van der Waals surface area contributed by atoms with E-state index in [-0.39, 0.29) is 18.0 Å². The highest BCUT2D eigenvalue weighted by molar-refractivity contribution is 9.10. The van der Waals surface area contributed by atoms with Crippen LogP contribution in [-0.2, 0) is 22.6 Å². The van der Waals surface area contributed by atoms with Crippen LogP contribution in [0.5, 0.6) is 0 Å². The van der Waals surface area contributed by atoms with Gasteiger partial charge in [0, 0.05) is 10.2 Å². The molecular formula is C25H20BrN3O3S. The quantitative estimate of drug-likeness (QED) is 0.360. The highest BCUT2D eigenvalue weighted by Crippen LogP contribution is 2.42. The van der Waals surface area contributed by atoms with Crippen LogP contribution >= 0.6 is 27.7 Å². The molecule has 1 atom stereocenters. The van der Waals surface area contributed by atoms with E-state index in [1.165, 1.54) is 22.9 Å². The number of nitriles is 1. The molecule has 2 amide bonds. The summed E-state index contributed by atoms with van der Waals surface area (Å²) < 4.78 is 6.20. The fourth-order valence-corrected chi connectivity index (χ4v) is 4.99. The summed E-state index contributed by atoms with van der Waals surface area (Å²) in [6.07, 6.45) is 2.00. The van der Waals surface area contributed by atoms with Gasteiger partial charge in [0.15, 0.2) is 0 Å². The van der Waals surface area contributed by atoms with Crippen LogP contribution < -0.4 is 10.2 Å². The van der Waals surface area contributed by atoms with Crippen molar-refractivity contribution in [1.29, 1.82) is 5.26 Å². The zero-order valence-electron chi connectivity index (χ0n) is 17.7. The van der Waals surface area contributed by atoms with Crippen molar-refractivity contribution in [3.63, 3.8) is 0 Å². The topological polar surface area (TPSA) is 86.3 Å². The molecular weight excluding hydrogens is 502 g/mol. The third-order valence-corrected chi connectivity index (χ3v) is 6.93. The minimum Gasteiger partial charge on any atom is -0.467 e. The maximum absolute atomic E-state index is 13.5. The number of anilines is 1. The second kappa shape index (κ2) is 10.1. The van der Waals surface area contributed by atoms with Gasteiger partial charge in [-0.25, -0.2) is 0 Å². The van der Waals surface area contributed by atoms with Crippen molar-refractivity contribution in [3.05, 3.63) is 98.9 Å². The van der Waals surface area contributed by atoms with Gasteiger partial charge < -0.3 is 9.73 Å². The molecule has 1 aliphatic rings. The molecule has 0 aliphatic carbocycles. The van der Waals surface area contributed by atoms with Crippen LogP contribution in [0.25, 0.3) is 0 Å². The molecule has 1 aliphatic heterocycles. The minimum absolute atomic E-state index is 0.0983. The van der Waals surface area contributed by atoms with Crippen LogP contribution in [0.2, 0.25) is 0 Å². The number of benzene rings is 2. The normalized spacial score (nSPS) is 17.1. The predicted octanol–water partition coefficient (Wildman–Crippen LogP) is 5.09. The molecule has 1 aromatic heterocycles. The Labute approximate surface area is 204 Å². The lowest BCUT2D eigenvalue weighted by Gasteiger charge is -2.19. The minimum atomic E-state index is -0.550. The van der Waals surface area contributed by atoms with Crippen molar-refractivity contribution >= 4 is 45.2 Å². The van der Waals surface area contributed by atoms with Crippen molar-refractivity contribution in [1.82, 2.24) is 5.32 Å². The maximum atomic E-state index is 13.5. The Bertz CT molecular complexity index is 1230. The summed E-state index contributed by atoms with van der Waals surface area (Å²) in [5.74, 6) is -0.136. The first-order valence-corrected chi connectivity index (χ1v) is 11.9. The van der Waals surface area contributed by atoms with Crippen molar-refractivity contribution < 1.29 is 14.0 Å². The molecule has 8 heteroatoms. The van der Waals surface area contributed by atoms with Gasteiger partial charge in [0.2, 0.25) is 5.91 Å². The Morgan fingerprint density at radius 2 is 1.91 bits per heavy atom. The first-order chi connectivity index (χ1) is 16.0. The van der Waals surface area contributed by atoms with Gasteiger partial charge in [-0.05, 0) is 55.3 Å². The summed E-state index contributed by atoms with van der Waals surface area (Å²) in [6, 6.07) is 20.7. The molecule has 1 N–H and O–H groups in total. The number of aryl methyl sites for hydroxylation is 1. The van der Waals surface area contributed by atoms with E-state index in [1.54, 1.807) is 12.1 Å². The molecule has 0 radical (unpaired) electrons. The zero-order chi connectivity index (χ0) is 23.4. The van der Waals surface area contributed by atoms with Gasteiger partial charge in [-0.3, -0.25) is 14.5 Å². The lowest BCUT2D eigenvalue weighted by atomic mass is 10.1. The van der Waals surface area contributed by atoms with E-state index in [1.807, 2.05) is 61.5 Å². The van der Waals surface area contributed by atoms with Gasteiger partial charge in [0.25, 0.3) is 5.91 Å². The summed E-state index contributed by atoms with van der Waals surface area (Å²) in [5, 5.41) is 12.5. The number of amides is 2. The number of hydrogen-bond acceptors (Lipinski definition) is 5. The Morgan fingerprint density at radius 1 is 1.18 bits per heavy atom. The largest absolute Gasteiger partial charge is 0.467 e. The number of carbonyl (C=O) groups is 2. The van der Waals surface area contributed by atoms with Crippen LogP contribution in [0.1, 0.15) is 16.9 Å². The number of thioether (sulfide) groups is 1. The molecule has 1 saturated heterocycles. The lowest BCUT2D eigenvalue weighted by molar-refractivity contribution is -0.117. The van der Waals surface area contributed by atoms with E-state index < -0.39 is 11.2 Å². The lowest BCUT2D eigenvalue weighted by Crippen LogP contribution is -2.32. The molecule has 6 nitrogen and oxygen atoms in total. The number of carbonyl (C=O) groups excluding carboxylic acids is 2. The molecule has 4 rings (SSSR count). The second-order valence-electron chi connectivity index (χ2n) is 7.50. The predicted molar refractivity (Wildman–Crippen MR) is 131 cm³/mol. The van der Waals surface area contributed by atoms with Crippen LogP contribution in [0.15, 0.2) is 86.4 Å². The molecule has 2 aromatic carbocycles. The number of halogens is 1. The SMILES string of the molecule is Cc1ccc(N2C(=O)[C@H](Cc3ccc(Br)cc3)S/C2=C(/C#N)C(=O)NCc2ccco2)cc1. The van der Waals surface area contributed by atoms with E-state index in [0.29, 0.717) is 22.9 Å². The van der Waals surface area contributed by atoms with Gasteiger partial charge >= 0.3 is 0 Å². The van der Waals surface area contributed by atoms with E-state index in [0.717, 1.165) is 15.6 Å². The molecule has 0 unspecified atom stereocenters. The van der Waals surface area contributed by atoms with Gasteiger partial charge in [-0.1, -0.05) is 57.5 Å². The Hall–Kier alpha value is -3.28. The van der Waals surface area contributed by atoms with Gasteiger partial charge in [-0.2, -0.15) is 5.26 Å². The summed E-state index contributed by atoms with van der Waals surface area (Å²) >= 11 is 4.67. The molecule has 0 spiro atoms. The van der Waals surface area contributed by atoms with Gasteiger partial charge in [0.05, 0.1) is 18.1 Å². The molecule has 0 bridgehead atoms. The van der Waals surface area contributed by atoms with Crippen molar-refractivity contribution in [2.45, 2.75) is 25.1 Å². The third-order valence-electron chi connectivity index (χ3n) is 5.14. The Morgan fingerprint density at radius 3 is 2.55 bits per heavy atom. The fourth-order valence-electron chi connectivity index (χ4n) is 3.42. The van der Waals surface area contributed by atoms with E-state index in [2.05, 4.69) is 21.2 Å². The van der Waals surface area contributed by atoms with Crippen molar-refractivity contribution in [3.8, 4) is 6.07 Å². The first kappa shape index (κ1) is 22.9. The van der Waals surface area contributed by atoms with Crippen LogP contribution in [0, 0.1) is 18.3 Å². The van der Waals surface area contributed by atoms with E-state index in [9.17, 15) is 14.9 Å². The average Bonchev–Trinajstić information content (AvgIpc) is 3.44. The second-order valence-corrected chi connectivity index (χ2v) is 9.61. The number of hydrogen-bond donors (Lipinski definition) is 1. The molecule has 2 heterocycles. The molecule has 1 fully saturated rings. The van der Waals surface area contributed by atoms with Crippen LogP contribution in [-0.4, -0.2) is 17.1 Å². The summed E-state index contributed by atoms with van der Waals surface area (Å²) in [6.45, 7) is 2.11. The Kier molecular flexibility index (Phi) is 7.02. The molecule has 166 valence electrons. The number of furan rings is 1. The first-order valence-electron chi connectivity index (χ1n) is 10.2. The Balaban J connectivity index is 1.67. The number of nitrogens with one attached hydrogen (secondary N) is 1. The maximum Gasteiger partial charge on any atom is 0.265 e. The fraction of sp³-hybridized carbons (Fsp3) is 0.160. The average molecular weight is 522 g/mol. The summed E-state index contributed by atoms with van der Waals surface area (Å²) in [5.41, 5.74) is 2.57. The number of nitrogens with zero attached hydrogens (tertiary/aromatic N) is 2. The highest BCUT2D eigenvalue weighted by Gasteiger charge is 2.40. The van der Waals surface area contributed by atoms with Crippen LogP contribution in [0.4, 0.5) is 5.69 Å². The van der Waals surface area contributed by atoms with Crippen LogP contribution in [0.3, 0.4) is 0 Å². The van der Waals surface area contributed by atoms with Gasteiger partial charge in [-0.15, -0.1) is 0 Å². The standard InChI is InChI=1S/C25H20BrN3O3S/c1-16-4-10-19(11-5-16)29-24(31)22(13-17-6-8-18(26)9-7-17)33-25(29)21(14-27)23(30)28-15-20-3-2-12-32-20/h2-12,22H,13,15H2,1H3,(H,28,30)/b25-21-/t22-/m0/s1. The molecule has 33 heavy (non-hydrogen) atoms. The van der Waals surface area contributed by atoms with Crippen molar-refractivity contribution in [2.75, 3.05) is 4.90 Å². The molecule has 3 aromatic rings. The van der Waals surface area contributed by atoms with Crippen molar-refractivity contribution in [2.24, 2.45) is 0 Å². The van der Waals surface area contributed by atoms with E-state index in [4.69, 9.17) is 4.42 Å². The zero-order valence-corrected chi connectivity index (χ0v) is 20.2. The van der Waals surface area contributed by atoms with Gasteiger partial charge in [0.1, 0.15) is 22.4 Å².